The number of aromatic nitrogens is 1. The van der Waals surface area contributed by atoms with Crippen LogP contribution in [0.2, 0.25) is 5.02 Å². The Hall–Kier alpha value is -1.74. The van der Waals surface area contributed by atoms with E-state index in [9.17, 15) is 9.18 Å². The second kappa shape index (κ2) is 4.63. The van der Waals surface area contributed by atoms with Crippen LogP contribution in [0.15, 0.2) is 36.7 Å². The molecule has 2 nitrogen and oxygen atoms in total. The molecule has 0 amide bonds. The summed E-state index contributed by atoms with van der Waals surface area (Å²) in [5.74, 6) is -1.01. The molecule has 0 saturated heterocycles. The molecule has 0 saturated carbocycles. The average molecular weight is 250 g/mol. The summed E-state index contributed by atoms with van der Waals surface area (Å²) in [6, 6.07) is 6.35. The Labute approximate surface area is 103 Å². The number of pyridine rings is 1. The van der Waals surface area contributed by atoms with E-state index in [1.54, 1.807) is 25.1 Å². The van der Waals surface area contributed by atoms with Gasteiger partial charge in [-0.2, -0.15) is 0 Å². The lowest BCUT2D eigenvalue weighted by atomic mass is 10.00. The Bertz CT molecular complexity index is 583. The third-order valence-electron chi connectivity index (χ3n) is 2.53. The van der Waals surface area contributed by atoms with Crippen LogP contribution in [0.5, 0.6) is 0 Å². The van der Waals surface area contributed by atoms with Gasteiger partial charge in [0.25, 0.3) is 0 Å². The van der Waals surface area contributed by atoms with Gasteiger partial charge in [0, 0.05) is 16.8 Å². The predicted octanol–water partition coefficient (Wildman–Crippen LogP) is 3.41. The zero-order valence-electron chi connectivity index (χ0n) is 9.08. The van der Waals surface area contributed by atoms with E-state index >= 15 is 0 Å². The molecule has 0 unspecified atom stereocenters. The highest BCUT2D eigenvalue weighted by atomic mass is 35.5. The number of hydrogen-bond donors (Lipinski definition) is 0. The number of nitrogens with zero attached hydrogens (tertiary/aromatic N) is 1. The fourth-order valence-corrected chi connectivity index (χ4v) is 1.73. The number of benzene rings is 1. The van der Waals surface area contributed by atoms with Crippen molar-refractivity contribution in [2.24, 2.45) is 0 Å². The Balaban J connectivity index is 2.52. The van der Waals surface area contributed by atoms with Gasteiger partial charge in [0.1, 0.15) is 0 Å². The monoisotopic (exact) mass is 249 g/mol. The number of hydrogen-bond acceptors (Lipinski definition) is 2. The number of carbonyl (C=O) groups is 1. The summed E-state index contributed by atoms with van der Waals surface area (Å²) < 4.78 is 13.4. The highest BCUT2D eigenvalue weighted by Crippen LogP contribution is 2.22. The molecule has 1 heterocycles. The lowest BCUT2D eigenvalue weighted by Crippen LogP contribution is -2.06. The quantitative estimate of drug-likeness (QED) is 0.764. The molecule has 0 bridgehead atoms. The van der Waals surface area contributed by atoms with Gasteiger partial charge in [-0.25, -0.2) is 4.39 Å². The molecule has 0 fully saturated rings. The van der Waals surface area contributed by atoms with Crippen molar-refractivity contribution in [3.05, 3.63) is 64.2 Å². The SMILES string of the molecule is Cc1c(Cl)cccc1C(=O)c1ccncc1F. The molecular formula is C13H9ClFNO. The maximum Gasteiger partial charge on any atom is 0.196 e. The van der Waals surface area contributed by atoms with Crippen LogP contribution in [0.25, 0.3) is 0 Å². The molecule has 17 heavy (non-hydrogen) atoms. The van der Waals surface area contributed by atoms with Gasteiger partial charge in [0.2, 0.25) is 0 Å². The van der Waals surface area contributed by atoms with Gasteiger partial charge in [-0.1, -0.05) is 23.7 Å². The topological polar surface area (TPSA) is 30.0 Å². The summed E-state index contributed by atoms with van der Waals surface area (Å²) in [5.41, 5.74) is 1.06. The van der Waals surface area contributed by atoms with E-state index in [2.05, 4.69) is 4.98 Å². The van der Waals surface area contributed by atoms with Crippen LogP contribution in [-0.4, -0.2) is 10.8 Å². The van der Waals surface area contributed by atoms with Gasteiger partial charge in [0.15, 0.2) is 11.6 Å². The highest BCUT2D eigenvalue weighted by Gasteiger charge is 2.16. The first-order valence-corrected chi connectivity index (χ1v) is 5.38. The van der Waals surface area contributed by atoms with E-state index in [0.29, 0.717) is 16.1 Å². The van der Waals surface area contributed by atoms with E-state index in [4.69, 9.17) is 11.6 Å². The fourth-order valence-electron chi connectivity index (χ4n) is 1.56. The Kier molecular flexibility index (Phi) is 3.20. The van der Waals surface area contributed by atoms with Gasteiger partial charge in [0.05, 0.1) is 11.8 Å². The molecule has 2 aromatic rings. The molecule has 4 heteroatoms. The van der Waals surface area contributed by atoms with Crippen LogP contribution < -0.4 is 0 Å². The third-order valence-corrected chi connectivity index (χ3v) is 2.94. The van der Waals surface area contributed by atoms with Crippen molar-refractivity contribution < 1.29 is 9.18 Å². The van der Waals surface area contributed by atoms with E-state index in [1.165, 1.54) is 12.3 Å². The van der Waals surface area contributed by atoms with E-state index in [0.717, 1.165) is 6.20 Å². The van der Waals surface area contributed by atoms with Crippen LogP contribution in [0.1, 0.15) is 21.5 Å². The molecule has 2 rings (SSSR count). The molecular weight excluding hydrogens is 241 g/mol. The van der Waals surface area contributed by atoms with Crippen LogP contribution in [0, 0.1) is 12.7 Å². The molecule has 0 radical (unpaired) electrons. The predicted molar refractivity (Wildman–Crippen MR) is 63.8 cm³/mol. The Morgan fingerprint density at radius 2 is 2.06 bits per heavy atom. The fraction of sp³-hybridized carbons (Fsp3) is 0.0769. The normalized spacial score (nSPS) is 10.3. The number of ketones is 1. The molecule has 0 atom stereocenters. The minimum Gasteiger partial charge on any atom is -0.288 e. The van der Waals surface area contributed by atoms with Crippen molar-refractivity contribution in [1.82, 2.24) is 4.98 Å². The van der Waals surface area contributed by atoms with Crippen molar-refractivity contribution in [2.75, 3.05) is 0 Å². The molecule has 0 spiro atoms. The zero-order valence-corrected chi connectivity index (χ0v) is 9.83. The van der Waals surface area contributed by atoms with Crippen molar-refractivity contribution in [3.8, 4) is 0 Å². The first-order valence-electron chi connectivity index (χ1n) is 5.00. The van der Waals surface area contributed by atoms with Crippen molar-refractivity contribution >= 4 is 17.4 Å². The first-order chi connectivity index (χ1) is 8.11. The summed E-state index contributed by atoms with van der Waals surface area (Å²) in [4.78, 5) is 15.7. The van der Waals surface area contributed by atoms with Crippen molar-refractivity contribution in [1.29, 1.82) is 0 Å². The van der Waals surface area contributed by atoms with E-state index in [1.807, 2.05) is 0 Å². The zero-order chi connectivity index (χ0) is 12.4. The smallest absolute Gasteiger partial charge is 0.196 e. The lowest BCUT2D eigenvalue weighted by molar-refractivity contribution is 0.103. The van der Waals surface area contributed by atoms with Crippen LogP contribution in [-0.2, 0) is 0 Å². The minimum atomic E-state index is -0.628. The molecule has 86 valence electrons. The van der Waals surface area contributed by atoms with Crippen molar-refractivity contribution in [3.63, 3.8) is 0 Å². The summed E-state index contributed by atoms with van der Waals surface area (Å²) in [6.45, 7) is 1.73. The van der Waals surface area contributed by atoms with Crippen LogP contribution in [0.3, 0.4) is 0 Å². The maximum atomic E-state index is 13.4. The van der Waals surface area contributed by atoms with Gasteiger partial charge >= 0.3 is 0 Å². The summed E-state index contributed by atoms with van der Waals surface area (Å²) >= 11 is 5.93. The second-order valence-corrected chi connectivity index (χ2v) is 4.00. The van der Waals surface area contributed by atoms with Crippen molar-refractivity contribution in [2.45, 2.75) is 6.92 Å². The molecule has 0 aliphatic heterocycles. The molecule has 1 aromatic heterocycles. The molecule has 0 N–H and O–H groups in total. The Morgan fingerprint density at radius 1 is 1.29 bits per heavy atom. The number of halogens is 2. The summed E-state index contributed by atoms with van der Waals surface area (Å²) in [7, 11) is 0. The third kappa shape index (κ3) is 2.19. The summed E-state index contributed by atoms with van der Waals surface area (Å²) in [6.07, 6.45) is 2.41. The molecule has 0 aliphatic carbocycles. The maximum absolute atomic E-state index is 13.4. The molecule has 1 aromatic carbocycles. The number of rotatable bonds is 2. The lowest BCUT2D eigenvalue weighted by Gasteiger charge is -2.06. The standard InChI is InChI=1S/C13H9ClFNO/c1-8-9(3-2-4-11(8)14)13(17)10-5-6-16-7-12(10)15/h2-7H,1H3. The van der Waals surface area contributed by atoms with Gasteiger partial charge in [-0.05, 0) is 24.6 Å². The first kappa shape index (κ1) is 11.7. The molecule has 0 aliphatic rings. The van der Waals surface area contributed by atoms with E-state index in [-0.39, 0.29) is 11.3 Å². The van der Waals surface area contributed by atoms with E-state index < -0.39 is 5.82 Å². The second-order valence-electron chi connectivity index (χ2n) is 3.60. The minimum absolute atomic E-state index is 0.00497. The number of carbonyl (C=O) groups excluding carboxylic acids is 1. The van der Waals surface area contributed by atoms with Crippen LogP contribution >= 0.6 is 11.6 Å². The van der Waals surface area contributed by atoms with Crippen LogP contribution in [0.4, 0.5) is 4.39 Å². The average Bonchev–Trinajstić information content (AvgIpc) is 2.32. The Morgan fingerprint density at radius 3 is 2.76 bits per heavy atom. The largest absolute Gasteiger partial charge is 0.288 e. The summed E-state index contributed by atoms with van der Waals surface area (Å²) in [5, 5.41) is 0.491. The van der Waals surface area contributed by atoms with Gasteiger partial charge in [-0.15, -0.1) is 0 Å². The highest BCUT2D eigenvalue weighted by molar-refractivity contribution is 6.32. The van der Waals surface area contributed by atoms with Gasteiger partial charge < -0.3 is 0 Å². The van der Waals surface area contributed by atoms with Gasteiger partial charge in [-0.3, -0.25) is 9.78 Å².